The first kappa shape index (κ1) is 18.6. The van der Waals surface area contributed by atoms with Crippen LogP contribution in [0.3, 0.4) is 0 Å². The summed E-state index contributed by atoms with van der Waals surface area (Å²) in [7, 11) is 0. The topological polar surface area (TPSA) is 87.3 Å². The van der Waals surface area contributed by atoms with Crippen LogP contribution in [0.2, 0.25) is 0 Å². The molecule has 1 heterocycles. The third-order valence-corrected chi connectivity index (χ3v) is 4.06. The Kier molecular flexibility index (Phi) is 5.90. The van der Waals surface area contributed by atoms with Crippen LogP contribution >= 0.6 is 0 Å². The molecular formula is C18H23N3O4. The van der Waals surface area contributed by atoms with Gasteiger partial charge in [-0.2, -0.15) is 5.10 Å². The Morgan fingerprint density at radius 2 is 1.92 bits per heavy atom. The standard InChI is InChI=1S/C18H23N3O4/c1-12(2)5-10-17-13(3)19-20(14(17)4)18(22)11-25-16-8-6-15(7-9-16)21(23)24/h6-9,12H,5,10-11H2,1-4H3. The van der Waals surface area contributed by atoms with Crippen LogP contribution in [0.25, 0.3) is 0 Å². The number of rotatable bonds is 7. The van der Waals surface area contributed by atoms with Crippen LogP contribution in [0.15, 0.2) is 24.3 Å². The van der Waals surface area contributed by atoms with Crippen LogP contribution in [0, 0.1) is 29.9 Å². The van der Waals surface area contributed by atoms with E-state index in [2.05, 4.69) is 18.9 Å². The van der Waals surface area contributed by atoms with E-state index in [1.54, 1.807) is 0 Å². The summed E-state index contributed by atoms with van der Waals surface area (Å²) < 4.78 is 6.81. The first-order valence-corrected chi connectivity index (χ1v) is 8.25. The molecule has 7 heteroatoms. The van der Waals surface area contributed by atoms with Crippen LogP contribution in [0.1, 0.15) is 42.0 Å². The maximum atomic E-state index is 12.4. The van der Waals surface area contributed by atoms with Gasteiger partial charge in [0.15, 0.2) is 6.61 Å². The van der Waals surface area contributed by atoms with Gasteiger partial charge in [0.05, 0.1) is 10.6 Å². The highest BCUT2D eigenvalue weighted by molar-refractivity contribution is 5.80. The molecule has 2 aromatic rings. The van der Waals surface area contributed by atoms with E-state index in [4.69, 9.17) is 4.74 Å². The van der Waals surface area contributed by atoms with Crippen molar-refractivity contribution < 1.29 is 14.5 Å². The van der Waals surface area contributed by atoms with Gasteiger partial charge in [-0.05, 0) is 50.3 Å². The second-order valence-electron chi connectivity index (χ2n) is 6.43. The SMILES string of the molecule is Cc1nn(C(=O)COc2ccc([N+](=O)[O-])cc2)c(C)c1CCC(C)C. The predicted octanol–water partition coefficient (Wildman–Crippen LogP) is 3.72. The fraction of sp³-hybridized carbons (Fsp3) is 0.444. The summed E-state index contributed by atoms with van der Waals surface area (Å²) in [6, 6.07) is 5.63. The molecule has 1 aromatic carbocycles. The van der Waals surface area contributed by atoms with E-state index in [-0.39, 0.29) is 18.2 Å². The number of aromatic nitrogens is 2. The Morgan fingerprint density at radius 3 is 2.48 bits per heavy atom. The first-order chi connectivity index (χ1) is 11.8. The van der Waals surface area contributed by atoms with Gasteiger partial charge in [0.25, 0.3) is 11.6 Å². The lowest BCUT2D eigenvalue weighted by Crippen LogP contribution is -2.21. The normalized spacial score (nSPS) is 10.9. The molecule has 2 rings (SSSR count). The molecule has 0 saturated carbocycles. The van der Waals surface area contributed by atoms with Crippen LogP contribution < -0.4 is 4.74 Å². The van der Waals surface area contributed by atoms with E-state index in [1.807, 2.05) is 13.8 Å². The van der Waals surface area contributed by atoms with Gasteiger partial charge in [-0.3, -0.25) is 14.9 Å². The van der Waals surface area contributed by atoms with E-state index < -0.39 is 4.92 Å². The largest absolute Gasteiger partial charge is 0.484 e. The van der Waals surface area contributed by atoms with Crippen molar-refractivity contribution in [3.63, 3.8) is 0 Å². The lowest BCUT2D eigenvalue weighted by molar-refractivity contribution is -0.384. The van der Waals surface area contributed by atoms with E-state index in [0.717, 1.165) is 29.8 Å². The quantitative estimate of drug-likeness (QED) is 0.564. The van der Waals surface area contributed by atoms with Crippen molar-refractivity contribution in [2.24, 2.45) is 5.92 Å². The van der Waals surface area contributed by atoms with Gasteiger partial charge in [-0.15, -0.1) is 0 Å². The highest BCUT2D eigenvalue weighted by Crippen LogP contribution is 2.19. The molecule has 0 unspecified atom stereocenters. The van der Waals surface area contributed by atoms with Crippen molar-refractivity contribution in [2.75, 3.05) is 6.61 Å². The minimum atomic E-state index is -0.483. The number of hydrogen-bond acceptors (Lipinski definition) is 5. The lowest BCUT2D eigenvalue weighted by atomic mass is 10.0. The molecule has 0 saturated heterocycles. The monoisotopic (exact) mass is 345 g/mol. The van der Waals surface area contributed by atoms with Gasteiger partial charge in [0, 0.05) is 17.8 Å². The van der Waals surface area contributed by atoms with Crippen molar-refractivity contribution in [1.29, 1.82) is 0 Å². The molecule has 0 aliphatic carbocycles. The molecule has 0 aliphatic heterocycles. The number of hydrogen-bond donors (Lipinski definition) is 0. The Labute approximate surface area is 146 Å². The molecule has 25 heavy (non-hydrogen) atoms. The van der Waals surface area contributed by atoms with Gasteiger partial charge in [-0.1, -0.05) is 13.8 Å². The van der Waals surface area contributed by atoms with Crippen LogP contribution in [-0.2, 0) is 6.42 Å². The molecule has 134 valence electrons. The van der Waals surface area contributed by atoms with E-state index in [9.17, 15) is 14.9 Å². The fourth-order valence-electron chi connectivity index (χ4n) is 2.58. The Hall–Kier alpha value is -2.70. The Bertz CT molecular complexity index is 763. The fourth-order valence-corrected chi connectivity index (χ4v) is 2.58. The highest BCUT2D eigenvalue weighted by Gasteiger charge is 2.17. The summed E-state index contributed by atoms with van der Waals surface area (Å²) in [6.45, 7) is 7.95. The van der Waals surface area contributed by atoms with Crippen LogP contribution in [0.4, 0.5) is 5.69 Å². The lowest BCUT2D eigenvalue weighted by Gasteiger charge is -2.07. The number of carbonyl (C=O) groups excluding carboxylic acids is 1. The average molecular weight is 345 g/mol. The smallest absolute Gasteiger partial charge is 0.284 e. The van der Waals surface area contributed by atoms with Gasteiger partial charge in [-0.25, -0.2) is 4.68 Å². The minimum Gasteiger partial charge on any atom is -0.484 e. The summed E-state index contributed by atoms with van der Waals surface area (Å²) in [5.41, 5.74) is 2.79. The number of non-ortho nitro benzene ring substituents is 1. The zero-order chi connectivity index (χ0) is 18.6. The number of nitro groups is 1. The molecule has 0 bridgehead atoms. The Morgan fingerprint density at radius 1 is 1.28 bits per heavy atom. The molecule has 0 amide bonds. The number of ether oxygens (including phenoxy) is 1. The molecule has 0 aliphatic rings. The highest BCUT2D eigenvalue weighted by atomic mass is 16.6. The molecular weight excluding hydrogens is 322 g/mol. The first-order valence-electron chi connectivity index (χ1n) is 8.25. The minimum absolute atomic E-state index is 0.0213. The summed E-state index contributed by atoms with van der Waals surface area (Å²) in [6.07, 6.45) is 1.94. The second kappa shape index (κ2) is 7.92. The van der Waals surface area contributed by atoms with Gasteiger partial charge in [0.2, 0.25) is 0 Å². The predicted molar refractivity (Wildman–Crippen MR) is 94.1 cm³/mol. The summed E-state index contributed by atoms with van der Waals surface area (Å²) in [4.78, 5) is 22.5. The maximum absolute atomic E-state index is 12.4. The van der Waals surface area contributed by atoms with Crippen molar-refractivity contribution in [3.8, 4) is 5.75 Å². The molecule has 0 atom stereocenters. The molecule has 7 nitrogen and oxygen atoms in total. The number of carbonyl (C=O) groups is 1. The summed E-state index contributed by atoms with van der Waals surface area (Å²) >= 11 is 0. The van der Waals surface area contributed by atoms with Crippen molar-refractivity contribution >= 4 is 11.6 Å². The molecule has 0 spiro atoms. The molecule has 0 radical (unpaired) electrons. The summed E-state index contributed by atoms with van der Waals surface area (Å²) in [5, 5.41) is 15.0. The third-order valence-electron chi connectivity index (χ3n) is 4.06. The third kappa shape index (κ3) is 4.65. The van der Waals surface area contributed by atoms with Crippen LogP contribution in [-0.4, -0.2) is 27.2 Å². The average Bonchev–Trinajstić information content (AvgIpc) is 2.85. The molecule has 1 aromatic heterocycles. The van der Waals surface area contributed by atoms with E-state index in [1.165, 1.54) is 28.9 Å². The van der Waals surface area contributed by atoms with Gasteiger partial charge >= 0.3 is 0 Å². The van der Waals surface area contributed by atoms with Crippen molar-refractivity contribution in [1.82, 2.24) is 9.78 Å². The second-order valence-corrected chi connectivity index (χ2v) is 6.43. The molecule has 0 fully saturated rings. The van der Waals surface area contributed by atoms with E-state index in [0.29, 0.717) is 11.7 Å². The zero-order valence-corrected chi connectivity index (χ0v) is 15.0. The van der Waals surface area contributed by atoms with Crippen molar-refractivity contribution in [3.05, 3.63) is 51.3 Å². The maximum Gasteiger partial charge on any atom is 0.284 e. The summed E-state index contributed by atoms with van der Waals surface area (Å²) in [5.74, 6) is 0.721. The number of aryl methyl sites for hydroxylation is 1. The molecule has 0 N–H and O–H groups in total. The zero-order valence-electron chi connectivity index (χ0n) is 15.0. The van der Waals surface area contributed by atoms with Crippen molar-refractivity contribution in [2.45, 2.75) is 40.5 Å². The van der Waals surface area contributed by atoms with Crippen LogP contribution in [0.5, 0.6) is 5.75 Å². The van der Waals surface area contributed by atoms with Gasteiger partial charge in [0.1, 0.15) is 5.75 Å². The number of nitro benzene ring substituents is 1. The van der Waals surface area contributed by atoms with Gasteiger partial charge < -0.3 is 4.74 Å². The number of nitrogens with zero attached hydrogens (tertiary/aromatic N) is 3. The Balaban J connectivity index is 2.03. The van der Waals surface area contributed by atoms with E-state index >= 15 is 0 Å². The number of benzene rings is 1.